The van der Waals surface area contributed by atoms with Gasteiger partial charge in [0, 0.05) is 11.6 Å². The molecule has 0 aliphatic heterocycles. The molecule has 0 unspecified atom stereocenters. The summed E-state index contributed by atoms with van der Waals surface area (Å²) in [6.45, 7) is 0. The first-order valence-electron chi connectivity index (χ1n) is 3.42. The summed E-state index contributed by atoms with van der Waals surface area (Å²) < 4.78 is 36.3. The van der Waals surface area contributed by atoms with Crippen LogP contribution in [0.15, 0.2) is 16.9 Å². The van der Waals surface area contributed by atoms with Crippen molar-refractivity contribution in [2.24, 2.45) is 5.73 Å². The molecular formula is C7H5F3N2O2. The third-order valence-corrected chi connectivity index (χ3v) is 1.43. The Morgan fingerprint density at radius 1 is 1.36 bits per heavy atom. The van der Waals surface area contributed by atoms with Crippen LogP contribution in [0.2, 0.25) is 0 Å². The highest BCUT2D eigenvalue weighted by Crippen LogP contribution is 2.26. The fourth-order valence-corrected chi connectivity index (χ4v) is 0.838. The molecule has 1 heterocycles. The van der Waals surface area contributed by atoms with Crippen molar-refractivity contribution in [2.75, 3.05) is 0 Å². The Morgan fingerprint density at radius 2 is 1.93 bits per heavy atom. The summed E-state index contributed by atoms with van der Waals surface area (Å²) in [5, 5.41) is 0. The van der Waals surface area contributed by atoms with Crippen LogP contribution in [0.1, 0.15) is 16.1 Å². The Balaban J connectivity index is 3.35. The van der Waals surface area contributed by atoms with E-state index in [0.29, 0.717) is 12.1 Å². The summed E-state index contributed by atoms with van der Waals surface area (Å²) in [5.74, 6) is -1.08. The topological polar surface area (TPSA) is 76.0 Å². The molecule has 0 fully saturated rings. The molecule has 0 atom stereocenters. The summed E-state index contributed by atoms with van der Waals surface area (Å²) in [7, 11) is 0. The molecule has 4 nitrogen and oxygen atoms in total. The van der Waals surface area contributed by atoms with Crippen LogP contribution in [0.4, 0.5) is 13.2 Å². The number of nitrogens with two attached hydrogens (primary N) is 1. The maximum absolute atomic E-state index is 12.1. The molecule has 7 heteroatoms. The van der Waals surface area contributed by atoms with Crippen LogP contribution in [0, 0.1) is 0 Å². The van der Waals surface area contributed by atoms with Gasteiger partial charge in [0.2, 0.25) is 11.5 Å². The molecule has 0 radical (unpaired) electrons. The van der Waals surface area contributed by atoms with E-state index in [1.54, 1.807) is 4.98 Å². The molecule has 0 aliphatic carbocycles. The number of carbonyl (C=O) groups excluding carboxylic acids is 1. The van der Waals surface area contributed by atoms with E-state index in [0.717, 1.165) is 0 Å². The predicted octanol–water partition coefficient (Wildman–Crippen LogP) is 0.493. The number of rotatable bonds is 1. The molecular weight excluding hydrogens is 201 g/mol. The van der Waals surface area contributed by atoms with E-state index in [-0.39, 0.29) is 0 Å². The predicted molar refractivity (Wildman–Crippen MR) is 40.6 cm³/mol. The van der Waals surface area contributed by atoms with Gasteiger partial charge in [-0.1, -0.05) is 0 Å². The lowest BCUT2D eigenvalue weighted by Crippen LogP contribution is -2.21. The van der Waals surface area contributed by atoms with Crippen molar-refractivity contribution in [3.8, 4) is 0 Å². The van der Waals surface area contributed by atoms with Gasteiger partial charge in [0.05, 0.1) is 0 Å². The smallest absolute Gasteiger partial charge is 0.366 e. The van der Waals surface area contributed by atoms with E-state index in [1.807, 2.05) is 0 Å². The van der Waals surface area contributed by atoms with Crippen molar-refractivity contribution in [3.05, 3.63) is 33.7 Å². The Labute approximate surface area is 75.5 Å². The molecule has 0 aromatic carbocycles. The number of pyridine rings is 1. The van der Waals surface area contributed by atoms with E-state index < -0.39 is 28.9 Å². The lowest BCUT2D eigenvalue weighted by atomic mass is 10.2. The van der Waals surface area contributed by atoms with Crippen LogP contribution in [0.25, 0.3) is 0 Å². The van der Waals surface area contributed by atoms with Crippen molar-refractivity contribution >= 4 is 5.91 Å². The number of nitrogens with one attached hydrogen (secondary N) is 1. The number of halogens is 3. The van der Waals surface area contributed by atoms with Gasteiger partial charge in [-0.2, -0.15) is 13.2 Å². The molecule has 0 spiro atoms. The molecule has 0 aliphatic rings. The van der Waals surface area contributed by atoms with Crippen molar-refractivity contribution in [1.29, 1.82) is 0 Å². The first-order chi connectivity index (χ1) is 6.30. The first kappa shape index (κ1) is 10.3. The zero-order valence-corrected chi connectivity index (χ0v) is 6.68. The maximum atomic E-state index is 12.1. The molecule has 14 heavy (non-hydrogen) atoms. The normalized spacial score (nSPS) is 11.4. The molecule has 0 saturated heterocycles. The molecule has 1 rings (SSSR count). The largest absolute Gasteiger partial charge is 0.431 e. The van der Waals surface area contributed by atoms with Crippen LogP contribution in [-0.2, 0) is 6.18 Å². The second kappa shape index (κ2) is 3.17. The number of primary amides is 1. The molecule has 1 aromatic heterocycles. The van der Waals surface area contributed by atoms with E-state index in [2.05, 4.69) is 0 Å². The quantitative estimate of drug-likeness (QED) is 0.701. The zero-order chi connectivity index (χ0) is 10.9. The second-order valence-electron chi connectivity index (χ2n) is 2.51. The number of hydrogen-bond acceptors (Lipinski definition) is 2. The third kappa shape index (κ3) is 2.12. The van der Waals surface area contributed by atoms with Gasteiger partial charge in [0.1, 0.15) is 5.69 Å². The number of hydrogen-bond donors (Lipinski definition) is 2. The second-order valence-corrected chi connectivity index (χ2v) is 2.51. The fraction of sp³-hybridized carbons (Fsp3) is 0.143. The van der Waals surface area contributed by atoms with E-state index in [1.165, 1.54) is 0 Å². The number of aromatic amines is 1. The van der Waals surface area contributed by atoms with Gasteiger partial charge >= 0.3 is 6.18 Å². The minimum Gasteiger partial charge on any atom is -0.366 e. The lowest BCUT2D eigenvalue weighted by molar-refractivity contribution is -0.141. The van der Waals surface area contributed by atoms with Crippen LogP contribution in [0.3, 0.4) is 0 Å². The molecule has 1 amide bonds. The van der Waals surface area contributed by atoms with Crippen LogP contribution in [0.5, 0.6) is 0 Å². The Hall–Kier alpha value is -1.79. The molecule has 76 valence electrons. The average molecular weight is 206 g/mol. The van der Waals surface area contributed by atoms with Crippen molar-refractivity contribution in [1.82, 2.24) is 4.98 Å². The van der Waals surface area contributed by atoms with Gasteiger partial charge in [0.15, 0.2) is 0 Å². The zero-order valence-electron chi connectivity index (χ0n) is 6.68. The SMILES string of the molecule is NC(=O)c1cc(C(F)(F)F)[nH]c(=O)c1. The minimum atomic E-state index is -4.70. The van der Waals surface area contributed by atoms with Gasteiger partial charge in [-0.25, -0.2) is 0 Å². The number of aromatic nitrogens is 1. The van der Waals surface area contributed by atoms with E-state index in [4.69, 9.17) is 5.73 Å². The summed E-state index contributed by atoms with van der Waals surface area (Å²) in [4.78, 5) is 22.8. The first-order valence-corrected chi connectivity index (χ1v) is 3.42. The van der Waals surface area contributed by atoms with Crippen LogP contribution in [-0.4, -0.2) is 10.9 Å². The molecule has 1 aromatic rings. The Bertz CT molecular complexity index is 422. The Kier molecular flexibility index (Phi) is 2.33. The number of amides is 1. The monoisotopic (exact) mass is 206 g/mol. The Morgan fingerprint density at radius 3 is 2.36 bits per heavy atom. The average Bonchev–Trinajstić information content (AvgIpc) is 2.01. The summed E-state index contributed by atoms with van der Waals surface area (Å²) in [6.07, 6.45) is -4.70. The van der Waals surface area contributed by atoms with Crippen molar-refractivity contribution in [3.63, 3.8) is 0 Å². The third-order valence-electron chi connectivity index (χ3n) is 1.43. The minimum absolute atomic E-state index is 0.471. The van der Waals surface area contributed by atoms with Gasteiger partial charge in [-0.05, 0) is 6.07 Å². The highest BCUT2D eigenvalue weighted by atomic mass is 19.4. The van der Waals surface area contributed by atoms with Crippen LogP contribution < -0.4 is 11.3 Å². The lowest BCUT2D eigenvalue weighted by Gasteiger charge is -2.06. The molecule has 0 saturated carbocycles. The van der Waals surface area contributed by atoms with Crippen molar-refractivity contribution < 1.29 is 18.0 Å². The summed E-state index contributed by atoms with van der Waals surface area (Å²) in [6, 6.07) is 1.20. The van der Waals surface area contributed by atoms with E-state index in [9.17, 15) is 22.8 Å². The molecule has 3 N–H and O–H groups in total. The summed E-state index contributed by atoms with van der Waals surface area (Å²) in [5.41, 5.74) is 1.95. The van der Waals surface area contributed by atoms with Gasteiger partial charge in [0.25, 0.3) is 0 Å². The maximum Gasteiger partial charge on any atom is 0.431 e. The van der Waals surface area contributed by atoms with Gasteiger partial charge in [-0.15, -0.1) is 0 Å². The van der Waals surface area contributed by atoms with Gasteiger partial charge in [-0.3, -0.25) is 9.59 Å². The highest BCUT2D eigenvalue weighted by molar-refractivity contribution is 5.92. The standard InChI is InChI=1S/C7H5F3N2O2/c8-7(9,10)4-1-3(6(11)14)2-5(13)12-4/h1-2H,(H2,11,14)(H,12,13). The van der Waals surface area contributed by atoms with Crippen molar-refractivity contribution in [2.45, 2.75) is 6.18 Å². The highest BCUT2D eigenvalue weighted by Gasteiger charge is 2.32. The summed E-state index contributed by atoms with van der Waals surface area (Å²) >= 11 is 0. The number of H-pyrrole nitrogens is 1. The van der Waals surface area contributed by atoms with E-state index >= 15 is 0 Å². The number of carbonyl (C=O) groups is 1. The van der Waals surface area contributed by atoms with Gasteiger partial charge < -0.3 is 10.7 Å². The fourth-order valence-electron chi connectivity index (χ4n) is 0.838. The van der Waals surface area contributed by atoms with Crippen LogP contribution >= 0.6 is 0 Å². The molecule has 0 bridgehead atoms. The number of alkyl halides is 3.